The number of anilines is 1. The molecule has 0 aliphatic rings. The van der Waals surface area contributed by atoms with E-state index in [4.69, 9.17) is 15.2 Å². The molecule has 2 aromatic rings. The van der Waals surface area contributed by atoms with Crippen LogP contribution < -0.4 is 15.2 Å². The Morgan fingerprint density at radius 1 is 0.905 bits per heavy atom. The lowest BCUT2D eigenvalue weighted by Crippen LogP contribution is -2.07. The molecule has 2 rings (SSSR count). The second kappa shape index (κ2) is 5.87. The van der Waals surface area contributed by atoms with Gasteiger partial charge in [-0.25, -0.2) is 0 Å². The van der Waals surface area contributed by atoms with E-state index in [1.807, 2.05) is 19.9 Å². The van der Waals surface area contributed by atoms with Crippen molar-refractivity contribution >= 4 is 11.5 Å². The minimum atomic E-state index is -0.0711. The Morgan fingerprint density at radius 2 is 1.48 bits per heavy atom. The minimum absolute atomic E-state index is 0.0711. The van der Waals surface area contributed by atoms with Crippen LogP contribution in [0.3, 0.4) is 0 Å². The fourth-order valence-corrected chi connectivity index (χ4v) is 2.25. The van der Waals surface area contributed by atoms with Crippen molar-refractivity contribution in [1.82, 2.24) is 0 Å². The van der Waals surface area contributed by atoms with Crippen molar-refractivity contribution in [2.75, 3.05) is 20.0 Å². The molecule has 0 heterocycles. The number of hydrogen-bond donors (Lipinski definition) is 1. The predicted molar refractivity (Wildman–Crippen MR) is 83.3 cm³/mol. The van der Waals surface area contributed by atoms with Crippen molar-refractivity contribution < 1.29 is 14.3 Å². The molecule has 0 aromatic heterocycles. The molecule has 0 saturated carbocycles. The lowest BCUT2D eigenvalue weighted by molar-refractivity contribution is 0.103. The number of hydrogen-bond acceptors (Lipinski definition) is 4. The van der Waals surface area contributed by atoms with Crippen LogP contribution in [0.1, 0.15) is 27.0 Å². The average molecular weight is 285 g/mol. The monoisotopic (exact) mass is 285 g/mol. The Hall–Kier alpha value is -2.49. The van der Waals surface area contributed by atoms with E-state index in [-0.39, 0.29) is 5.78 Å². The molecule has 0 aliphatic heterocycles. The summed E-state index contributed by atoms with van der Waals surface area (Å²) in [6, 6.07) is 8.84. The zero-order valence-electron chi connectivity index (χ0n) is 12.7. The zero-order valence-corrected chi connectivity index (χ0v) is 12.7. The van der Waals surface area contributed by atoms with E-state index in [1.54, 1.807) is 38.5 Å². The summed E-state index contributed by atoms with van der Waals surface area (Å²) in [4.78, 5) is 12.8. The van der Waals surface area contributed by atoms with E-state index in [0.29, 0.717) is 28.3 Å². The first-order valence-corrected chi connectivity index (χ1v) is 6.61. The van der Waals surface area contributed by atoms with Crippen LogP contribution in [0.25, 0.3) is 0 Å². The molecule has 0 unspecified atom stereocenters. The quantitative estimate of drug-likeness (QED) is 0.692. The molecule has 0 fully saturated rings. The fourth-order valence-electron chi connectivity index (χ4n) is 2.25. The summed E-state index contributed by atoms with van der Waals surface area (Å²) < 4.78 is 10.5. The molecule has 0 bridgehead atoms. The Kier molecular flexibility index (Phi) is 4.17. The molecule has 0 amide bonds. The highest BCUT2D eigenvalue weighted by Gasteiger charge is 2.17. The van der Waals surface area contributed by atoms with Crippen LogP contribution >= 0.6 is 0 Å². The predicted octanol–water partition coefficient (Wildman–Crippen LogP) is 3.13. The van der Waals surface area contributed by atoms with E-state index in [1.165, 1.54) is 0 Å². The van der Waals surface area contributed by atoms with Gasteiger partial charge in [0.1, 0.15) is 0 Å². The average Bonchev–Trinajstić information content (AvgIpc) is 2.48. The highest BCUT2D eigenvalue weighted by atomic mass is 16.5. The summed E-state index contributed by atoms with van der Waals surface area (Å²) in [6.45, 7) is 3.76. The number of benzene rings is 2. The third-order valence-corrected chi connectivity index (χ3v) is 3.48. The first-order valence-electron chi connectivity index (χ1n) is 6.61. The summed E-state index contributed by atoms with van der Waals surface area (Å²) in [5.74, 6) is 1.07. The minimum Gasteiger partial charge on any atom is -0.493 e. The molecule has 4 heteroatoms. The molecule has 0 saturated heterocycles. The maximum atomic E-state index is 12.8. The molecular formula is C17H19NO3. The van der Waals surface area contributed by atoms with Crippen molar-refractivity contribution in [2.24, 2.45) is 0 Å². The van der Waals surface area contributed by atoms with Gasteiger partial charge in [-0.05, 0) is 49.2 Å². The van der Waals surface area contributed by atoms with Crippen LogP contribution in [0.4, 0.5) is 5.69 Å². The number of aryl methyl sites for hydroxylation is 2. The summed E-state index contributed by atoms with van der Waals surface area (Å²) in [5, 5.41) is 0. The molecule has 0 atom stereocenters. The molecule has 0 aliphatic carbocycles. The largest absolute Gasteiger partial charge is 0.493 e. The van der Waals surface area contributed by atoms with Gasteiger partial charge < -0.3 is 15.2 Å². The highest BCUT2D eigenvalue weighted by molar-refractivity contribution is 6.11. The van der Waals surface area contributed by atoms with Crippen LogP contribution in [0.5, 0.6) is 11.5 Å². The molecule has 0 radical (unpaired) electrons. The number of carbonyl (C=O) groups excluding carboxylic acids is 1. The van der Waals surface area contributed by atoms with Crippen LogP contribution in [0.2, 0.25) is 0 Å². The summed E-state index contributed by atoms with van der Waals surface area (Å²) in [6.07, 6.45) is 0. The first-order chi connectivity index (χ1) is 9.97. The van der Waals surface area contributed by atoms with E-state index in [0.717, 1.165) is 11.1 Å². The molecule has 0 spiro atoms. The van der Waals surface area contributed by atoms with Crippen LogP contribution in [0.15, 0.2) is 30.3 Å². The van der Waals surface area contributed by atoms with E-state index in [9.17, 15) is 4.79 Å². The highest BCUT2D eigenvalue weighted by Crippen LogP contribution is 2.31. The van der Waals surface area contributed by atoms with Crippen molar-refractivity contribution in [1.29, 1.82) is 0 Å². The number of rotatable bonds is 4. The SMILES string of the molecule is COc1cc(C)c(C(=O)c2cc(N)ccc2C)cc1OC. The Balaban J connectivity index is 2.55. The van der Waals surface area contributed by atoms with Crippen LogP contribution in [-0.4, -0.2) is 20.0 Å². The third kappa shape index (κ3) is 2.84. The normalized spacial score (nSPS) is 10.3. The number of ketones is 1. The summed E-state index contributed by atoms with van der Waals surface area (Å²) in [7, 11) is 3.12. The van der Waals surface area contributed by atoms with Gasteiger partial charge >= 0.3 is 0 Å². The molecule has 4 nitrogen and oxygen atoms in total. The zero-order chi connectivity index (χ0) is 15.6. The Morgan fingerprint density at radius 3 is 2.10 bits per heavy atom. The lowest BCUT2D eigenvalue weighted by Gasteiger charge is -2.13. The van der Waals surface area contributed by atoms with Gasteiger partial charge in [-0.15, -0.1) is 0 Å². The molecule has 2 aromatic carbocycles. The van der Waals surface area contributed by atoms with Crippen LogP contribution in [0, 0.1) is 13.8 Å². The van der Waals surface area contributed by atoms with E-state index >= 15 is 0 Å². The molecule has 21 heavy (non-hydrogen) atoms. The maximum absolute atomic E-state index is 12.8. The van der Waals surface area contributed by atoms with Crippen molar-refractivity contribution in [2.45, 2.75) is 13.8 Å². The van der Waals surface area contributed by atoms with Gasteiger partial charge in [0.25, 0.3) is 0 Å². The summed E-state index contributed by atoms with van der Waals surface area (Å²) >= 11 is 0. The van der Waals surface area contributed by atoms with E-state index in [2.05, 4.69) is 0 Å². The number of carbonyl (C=O) groups is 1. The first kappa shape index (κ1) is 14.9. The van der Waals surface area contributed by atoms with Gasteiger partial charge in [-0.2, -0.15) is 0 Å². The number of nitrogens with two attached hydrogens (primary N) is 1. The Labute approximate surface area is 124 Å². The van der Waals surface area contributed by atoms with Gasteiger partial charge in [0, 0.05) is 16.8 Å². The van der Waals surface area contributed by atoms with Gasteiger partial charge in [-0.1, -0.05) is 6.07 Å². The topological polar surface area (TPSA) is 61.5 Å². The van der Waals surface area contributed by atoms with Gasteiger partial charge in [0.15, 0.2) is 17.3 Å². The third-order valence-electron chi connectivity index (χ3n) is 3.48. The molecular weight excluding hydrogens is 266 g/mol. The van der Waals surface area contributed by atoms with Gasteiger partial charge in [0.2, 0.25) is 0 Å². The second-order valence-corrected chi connectivity index (χ2v) is 4.93. The van der Waals surface area contributed by atoms with Crippen LogP contribution in [-0.2, 0) is 0 Å². The lowest BCUT2D eigenvalue weighted by atomic mass is 9.95. The van der Waals surface area contributed by atoms with Crippen molar-refractivity contribution in [3.63, 3.8) is 0 Å². The smallest absolute Gasteiger partial charge is 0.193 e. The van der Waals surface area contributed by atoms with Crippen molar-refractivity contribution in [3.05, 3.63) is 52.6 Å². The summed E-state index contributed by atoms with van der Waals surface area (Å²) in [5.41, 5.74) is 9.27. The van der Waals surface area contributed by atoms with Gasteiger partial charge in [0.05, 0.1) is 14.2 Å². The molecule has 110 valence electrons. The number of nitrogen functional groups attached to an aromatic ring is 1. The number of methoxy groups -OCH3 is 2. The Bertz CT molecular complexity index is 693. The molecule has 2 N–H and O–H groups in total. The second-order valence-electron chi connectivity index (χ2n) is 4.93. The maximum Gasteiger partial charge on any atom is 0.193 e. The van der Waals surface area contributed by atoms with E-state index < -0.39 is 0 Å². The van der Waals surface area contributed by atoms with Gasteiger partial charge in [-0.3, -0.25) is 4.79 Å². The fraction of sp³-hybridized carbons (Fsp3) is 0.235. The number of ether oxygens (including phenoxy) is 2. The van der Waals surface area contributed by atoms with Crippen molar-refractivity contribution in [3.8, 4) is 11.5 Å². The standard InChI is InChI=1S/C17H19NO3/c1-10-5-6-12(18)8-13(10)17(19)14-9-16(21-4)15(20-3)7-11(14)2/h5-9H,18H2,1-4H3.